The van der Waals surface area contributed by atoms with Crippen LogP contribution in [0.15, 0.2) is 60.0 Å². The van der Waals surface area contributed by atoms with Gasteiger partial charge in [-0.25, -0.2) is 0 Å². The van der Waals surface area contributed by atoms with Crippen LogP contribution < -0.4 is 10.1 Å². The first-order valence-corrected chi connectivity index (χ1v) is 10.9. The molecule has 0 aliphatic carbocycles. The number of hydrogen-bond acceptors (Lipinski definition) is 4. The highest BCUT2D eigenvalue weighted by molar-refractivity contribution is 7.12. The molecule has 1 aliphatic heterocycles. The van der Waals surface area contributed by atoms with E-state index in [1.165, 1.54) is 16.9 Å². The standard InChI is InChI=1S/C24H24N2O3S/c1-29-21-9-4-17(5-10-21)6-11-23(27)25-20-8-7-18-12-13-26(16-19(18)15-20)24(28)22-3-2-14-30-22/h2-5,7-10,14-15H,6,11-13,16H2,1H3,(H,25,27). The number of thiophene rings is 1. The molecule has 4 rings (SSSR count). The Kier molecular flexibility index (Phi) is 6.14. The molecule has 0 saturated carbocycles. The van der Waals surface area contributed by atoms with Crippen LogP contribution in [0.3, 0.4) is 0 Å². The van der Waals surface area contributed by atoms with Gasteiger partial charge in [0.2, 0.25) is 5.91 Å². The number of amides is 2. The van der Waals surface area contributed by atoms with Crippen molar-refractivity contribution in [1.29, 1.82) is 0 Å². The van der Waals surface area contributed by atoms with Crippen LogP contribution in [0.5, 0.6) is 5.75 Å². The number of carbonyl (C=O) groups excluding carboxylic acids is 2. The first kappa shape index (κ1) is 20.2. The van der Waals surface area contributed by atoms with Crippen LogP contribution in [0.4, 0.5) is 5.69 Å². The molecule has 0 atom stereocenters. The second kappa shape index (κ2) is 9.13. The average Bonchev–Trinajstić information content (AvgIpc) is 3.32. The maximum Gasteiger partial charge on any atom is 0.264 e. The summed E-state index contributed by atoms with van der Waals surface area (Å²) < 4.78 is 5.16. The van der Waals surface area contributed by atoms with Gasteiger partial charge < -0.3 is 15.0 Å². The summed E-state index contributed by atoms with van der Waals surface area (Å²) in [6.07, 6.45) is 1.91. The molecule has 0 fully saturated rings. The summed E-state index contributed by atoms with van der Waals surface area (Å²) in [5.41, 5.74) is 4.21. The molecule has 6 heteroatoms. The average molecular weight is 421 g/mol. The number of benzene rings is 2. The third-order valence-corrected chi connectivity index (χ3v) is 6.18. The molecule has 1 aliphatic rings. The van der Waals surface area contributed by atoms with E-state index >= 15 is 0 Å². The highest BCUT2D eigenvalue weighted by atomic mass is 32.1. The molecule has 1 aromatic heterocycles. The first-order valence-electron chi connectivity index (χ1n) is 10.00. The second-order valence-electron chi connectivity index (χ2n) is 7.33. The summed E-state index contributed by atoms with van der Waals surface area (Å²) in [5, 5.41) is 4.91. The van der Waals surface area contributed by atoms with Crippen molar-refractivity contribution in [3.05, 3.63) is 81.5 Å². The third-order valence-electron chi connectivity index (χ3n) is 5.32. The number of nitrogens with zero attached hydrogens (tertiary/aromatic N) is 1. The van der Waals surface area contributed by atoms with E-state index in [4.69, 9.17) is 4.74 Å². The number of methoxy groups -OCH3 is 1. The van der Waals surface area contributed by atoms with E-state index < -0.39 is 0 Å². The zero-order valence-corrected chi connectivity index (χ0v) is 17.7. The molecule has 30 heavy (non-hydrogen) atoms. The largest absolute Gasteiger partial charge is 0.497 e. The lowest BCUT2D eigenvalue weighted by atomic mass is 9.98. The number of ether oxygens (including phenoxy) is 1. The molecule has 2 amide bonds. The summed E-state index contributed by atoms with van der Waals surface area (Å²) >= 11 is 1.47. The lowest BCUT2D eigenvalue weighted by Crippen LogP contribution is -2.35. The minimum absolute atomic E-state index is 0.0203. The van der Waals surface area contributed by atoms with E-state index in [0.717, 1.165) is 40.4 Å². The van der Waals surface area contributed by atoms with Gasteiger partial charge in [-0.3, -0.25) is 9.59 Å². The normalized spacial score (nSPS) is 12.9. The molecule has 0 saturated heterocycles. The number of rotatable bonds is 6. The predicted octanol–water partition coefficient (Wildman–Crippen LogP) is 4.53. The Morgan fingerprint density at radius 3 is 2.67 bits per heavy atom. The van der Waals surface area contributed by atoms with Gasteiger partial charge in [0.1, 0.15) is 5.75 Å². The van der Waals surface area contributed by atoms with Gasteiger partial charge in [-0.2, -0.15) is 0 Å². The van der Waals surface area contributed by atoms with Crippen LogP contribution in [-0.2, 0) is 24.2 Å². The topological polar surface area (TPSA) is 58.6 Å². The lowest BCUT2D eigenvalue weighted by Gasteiger charge is -2.29. The van der Waals surface area contributed by atoms with Gasteiger partial charge in [0.05, 0.1) is 12.0 Å². The monoisotopic (exact) mass is 420 g/mol. The first-order chi connectivity index (χ1) is 14.6. The third kappa shape index (κ3) is 4.71. The molecular weight excluding hydrogens is 396 g/mol. The van der Waals surface area contributed by atoms with Gasteiger partial charge in [-0.15, -0.1) is 11.3 Å². The highest BCUT2D eigenvalue weighted by Crippen LogP contribution is 2.25. The molecule has 154 valence electrons. The van der Waals surface area contributed by atoms with E-state index in [9.17, 15) is 9.59 Å². The van der Waals surface area contributed by atoms with Crippen molar-refractivity contribution in [3.8, 4) is 5.75 Å². The Morgan fingerprint density at radius 1 is 1.10 bits per heavy atom. The summed E-state index contributed by atoms with van der Waals surface area (Å²) in [5.74, 6) is 0.863. The Labute approximate surface area is 180 Å². The molecule has 0 radical (unpaired) electrons. The SMILES string of the molecule is COc1ccc(CCC(=O)Nc2ccc3c(c2)CN(C(=O)c2cccs2)CC3)cc1. The van der Waals surface area contributed by atoms with E-state index in [2.05, 4.69) is 11.4 Å². The van der Waals surface area contributed by atoms with E-state index in [-0.39, 0.29) is 11.8 Å². The summed E-state index contributed by atoms with van der Waals surface area (Å²) in [6, 6.07) is 17.5. The molecule has 1 N–H and O–H groups in total. The van der Waals surface area contributed by atoms with E-state index in [1.54, 1.807) is 7.11 Å². The zero-order valence-electron chi connectivity index (χ0n) is 16.9. The van der Waals surface area contributed by atoms with Crippen molar-refractivity contribution in [1.82, 2.24) is 4.90 Å². The fourth-order valence-electron chi connectivity index (χ4n) is 3.64. The molecule has 5 nitrogen and oxygen atoms in total. The van der Waals surface area contributed by atoms with Gasteiger partial charge in [0, 0.05) is 25.2 Å². The van der Waals surface area contributed by atoms with Gasteiger partial charge in [-0.1, -0.05) is 24.3 Å². The van der Waals surface area contributed by atoms with Crippen LogP contribution in [0.2, 0.25) is 0 Å². The Balaban J connectivity index is 1.36. The lowest BCUT2D eigenvalue weighted by molar-refractivity contribution is -0.116. The van der Waals surface area contributed by atoms with Crippen molar-refractivity contribution in [2.75, 3.05) is 19.0 Å². The molecule has 2 aromatic carbocycles. The number of nitrogens with one attached hydrogen (secondary N) is 1. The number of fused-ring (bicyclic) bond motifs is 1. The molecular formula is C24H24N2O3S. The Morgan fingerprint density at radius 2 is 1.93 bits per heavy atom. The van der Waals surface area contributed by atoms with Crippen LogP contribution >= 0.6 is 11.3 Å². The van der Waals surface area contributed by atoms with E-state index in [1.807, 2.05) is 58.8 Å². The predicted molar refractivity (Wildman–Crippen MR) is 119 cm³/mol. The highest BCUT2D eigenvalue weighted by Gasteiger charge is 2.22. The quantitative estimate of drug-likeness (QED) is 0.638. The summed E-state index contributed by atoms with van der Waals surface area (Å²) in [6.45, 7) is 1.29. The van der Waals surface area contributed by atoms with Crippen molar-refractivity contribution < 1.29 is 14.3 Å². The van der Waals surface area contributed by atoms with Crippen LogP contribution in [0.25, 0.3) is 0 Å². The van der Waals surface area contributed by atoms with Crippen LogP contribution in [0.1, 0.15) is 32.8 Å². The maximum atomic E-state index is 12.7. The van der Waals surface area contributed by atoms with Crippen LogP contribution in [0, 0.1) is 0 Å². The van der Waals surface area contributed by atoms with Gasteiger partial charge in [0.15, 0.2) is 0 Å². The minimum atomic E-state index is -0.0203. The Bertz CT molecular complexity index is 1030. The summed E-state index contributed by atoms with van der Waals surface area (Å²) in [4.78, 5) is 27.7. The number of aryl methyl sites for hydroxylation is 1. The Hall–Kier alpha value is -3.12. The maximum absolute atomic E-state index is 12.7. The smallest absolute Gasteiger partial charge is 0.264 e. The fourth-order valence-corrected chi connectivity index (χ4v) is 4.33. The molecule has 0 unspecified atom stereocenters. The fraction of sp³-hybridized carbons (Fsp3) is 0.250. The van der Waals surface area contributed by atoms with Gasteiger partial charge in [-0.05, 0) is 65.2 Å². The number of anilines is 1. The second-order valence-corrected chi connectivity index (χ2v) is 8.28. The van der Waals surface area contributed by atoms with Crippen molar-refractivity contribution in [3.63, 3.8) is 0 Å². The van der Waals surface area contributed by atoms with Crippen LogP contribution in [-0.4, -0.2) is 30.4 Å². The number of carbonyl (C=O) groups is 2. The molecule has 2 heterocycles. The van der Waals surface area contributed by atoms with Crippen molar-refractivity contribution in [2.24, 2.45) is 0 Å². The van der Waals surface area contributed by atoms with Gasteiger partial charge in [0.25, 0.3) is 5.91 Å². The molecule has 0 spiro atoms. The van der Waals surface area contributed by atoms with Crippen molar-refractivity contribution in [2.45, 2.75) is 25.8 Å². The van der Waals surface area contributed by atoms with Gasteiger partial charge >= 0.3 is 0 Å². The van der Waals surface area contributed by atoms with Crippen molar-refractivity contribution >= 4 is 28.8 Å². The zero-order chi connectivity index (χ0) is 20.9. The van der Waals surface area contributed by atoms with E-state index in [0.29, 0.717) is 19.4 Å². The molecule has 0 bridgehead atoms. The molecule has 3 aromatic rings. The number of hydrogen-bond donors (Lipinski definition) is 1. The summed E-state index contributed by atoms with van der Waals surface area (Å²) in [7, 11) is 1.64. The minimum Gasteiger partial charge on any atom is -0.497 e.